The van der Waals surface area contributed by atoms with Gasteiger partial charge in [-0.3, -0.25) is 14.7 Å². The van der Waals surface area contributed by atoms with Crippen molar-refractivity contribution in [3.63, 3.8) is 0 Å². The second-order valence-corrected chi connectivity index (χ2v) is 5.14. The van der Waals surface area contributed by atoms with Crippen molar-refractivity contribution < 1.29 is 9.90 Å². The van der Waals surface area contributed by atoms with Crippen molar-refractivity contribution in [2.24, 2.45) is 10.2 Å². The minimum atomic E-state index is -0.463. The molecule has 2 aromatic heterocycles. The summed E-state index contributed by atoms with van der Waals surface area (Å²) in [5.41, 5.74) is 1.93. The lowest BCUT2D eigenvalue weighted by Crippen LogP contribution is -2.08. The van der Waals surface area contributed by atoms with E-state index in [1.807, 2.05) is 6.07 Å². The van der Waals surface area contributed by atoms with Gasteiger partial charge in [-0.05, 0) is 19.4 Å². The maximum atomic E-state index is 11.8. The fourth-order valence-corrected chi connectivity index (χ4v) is 2.37. The minimum Gasteiger partial charge on any atom is -0.493 e. The van der Waals surface area contributed by atoms with Gasteiger partial charge in [0.05, 0.1) is 5.52 Å². The number of aromatic nitrogens is 3. The van der Waals surface area contributed by atoms with Gasteiger partial charge in [-0.15, -0.1) is 10.2 Å². The monoisotopic (exact) mass is 313 g/mol. The number of H-pyrrole nitrogens is 3. The standard InChI is InChI=1S/C15H15N5O3/c1-8-9(14(22)20-17-8)6-7-12(21)18-19-13-10-4-2-3-5-11(10)16-15(13)23/h2-5,16,23H,6-7H2,1H3,(H2,17,20,22). The van der Waals surface area contributed by atoms with Crippen LogP contribution in [-0.4, -0.2) is 26.2 Å². The molecule has 118 valence electrons. The van der Waals surface area contributed by atoms with Crippen LogP contribution in [-0.2, 0) is 11.2 Å². The summed E-state index contributed by atoms with van der Waals surface area (Å²) < 4.78 is 0. The average molecular weight is 313 g/mol. The quantitative estimate of drug-likeness (QED) is 0.552. The van der Waals surface area contributed by atoms with Crippen LogP contribution in [0.4, 0.5) is 5.69 Å². The second kappa shape index (κ2) is 5.91. The lowest BCUT2D eigenvalue weighted by atomic mass is 10.1. The Hall–Kier alpha value is -3.16. The summed E-state index contributed by atoms with van der Waals surface area (Å²) in [5, 5.41) is 23.1. The molecular formula is C15H15N5O3. The van der Waals surface area contributed by atoms with Crippen molar-refractivity contribution in [3.8, 4) is 5.88 Å². The number of hydrogen-bond acceptors (Lipinski definition) is 4. The van der Waals surface area contributed by atoms with Gasteiger partial charge in [-0.2, -0.15) is 0 Å². The topological polar surface area (TPSA) is 126 Å². The van der Waals surface area contributed by atoms with Crippen LogP contribution in [0.25, 0.3) is 10.9 Å². The number of aryl methyl sites for hydroxylation is 1. The van der Waals surface area contributed by atoms with Crippen molar-refractivity contribution in [3.05, 3.63) is 45.9 Å². The van der Waals surface area contributed by atoms with Crippen molar-refractivity contribution in [2.45, 2.75) is 19.8 Å². The van der Waals surface area contributed by atoms with Crippen LogP contribution in [0.15, 0.2) is 39.3 Å². The number of carbonyl (C=O) groups is 1. The van der Waals surface area contributed by atoms with Gasteiger partial charge in [0, 0.05) is 23.1 Å². The van der Waals surface area contributed by atoms with Crippen LogP contribution >= 0.6 is 0 Å². The number of hydrogen-bond donors (Lipinski definition) is 4. The lowest BCUT2D eigenvalue weighted by molar-refractivity contribution is -0.118. The molecule has 0 spiro atoms. The van der Waals surface area contributed by atoms with Gasteiger partial charge in [0.1, 0.15) is 0 Å². The molecule has 23 heavy (non-hydrogen) atoms. The predicted molar refractivity (Wildman–Crippen MR) is 84.0 cm³/mol. The van der Waals surface area contributed by atoms with Crippen LogP contribution in [0.1, 0.15) is 17.7 Å². The number of benzene rings is 1. The molecule has 8 heteroatoms. The number of aromatic amines is 3. The van der Waals surface area contributed by atoms with Gasteiger partial charge in [-0.1, -0.05) is 18.2 Å². The SMILES string of the molecule is Cc1[nH][nH]c(=O)c1CCC(=O)N=Nc1c(O)[nH]c2ccccc12. The maximum absolute atomic E-state index is 11.8. The van der Waals surface area contributed by atoms with E-state index < -0.39 is 5.91 Å². The average Bonchev–Trinajstić information content (AvgIpc) is 3.02. The van der Waals surface area contributed by atoms with E-state index in [0.29, 0.717) is 22.2 Å². The van der Waals surface area contributed by atoms with Gasteiger partial charge in [0.15, 0.2) is 5.69 Å². The molecule has 0 fully saturated rings. The fraction of sp³-hybridized carbons (Fsp3) is 0.200. The van der Waals surface area contributed by atoms with Gasteiger partial charge in [0.25, 0.3) is 11.5 Å². The lowest BCUT2D eigenvalue weighted by Gasteiger charge is -1.95. The Labute approximate surface area is 130 Å². The third-order valence-corrected chi connectivity index (χ3v) is 3.60. The van der Waals surface area contributed by atoms with E-state index in [2.05, 4.69) is 25.4 Å². The molecule has 0 aliphatic heterocycles. The summed E-state index contributed by atoms with van der Waals surface area (Å²) in [6.07, 6.45) is 0.344. The van der Waals surface area contributed by atoms with E-state index >= 15 is 0 Å². The first-order valence-electron chi connectivity index (χ1n) is 7.06. The van der Waals surface area contributed by atoms with Crippen molar-refractivity contribution in [1.82, 2.24) is 15.2 Å². The smallest absolute Gasteiger partial charge is 0.267 e. The van der Waals surface area contributed by atoms with Crippen LogP contribution in [0.5, 0.6) is 5.88 Å². The molecule has 2 heterocycles. The Balaban J connectivity index is 1.73. The molecule has 3 rings (SSSR count). The third kappa shape index (κ3) is 2.91. The molecule has 0 aliphatic rings. The molecule has 0 bridgehead atoms. The molecule has 0 aliphatic carbocycles. The number of carbonyl (C=O) groups excluding carboxylic acids is 1. The minimum absolute atomic E-state index is 0.0639. The number of nitrogens with zero attached hydrogens (tertiary/aromatic N) is 2. The Morgan fingerprint density at radius 2 is 2.04 bits per heavy atom. The van der Waals surface area contributed by atoms with Crippen LogP contribution in [0.2, 0.25) is 0 Å². The number of nitrogens with one attached hydrogen (secondary N) is 3. The zero-order valence-corrected chi connectivity index (χ0v) is 12.4. The normalized spacial score (nSPS) is 11.5. The predicted octanol–water partition coefficient (Wildman–Crippen LogP) is 2.44. The number of fused-ring (bicyclic) bond motifs is 1. The van der Waals surface area contributed by atoms with Crippen LogP contribution in [0, 0.1) is 6.92 Å². The highest BCUT2D eigenvalue weighted by molar-refractivity contribution is 5.94. The van der Waals surface area contributed by atoms with E-state index in [9.17, 15) is 14.7 Å². The van der Waals surface area contributed by atoms with Crippen LogP contribution < -0.4 is 5.56 Å². The molecule has 1 aromatic carbocycles. The summed E-state index contributed by atoms with van der Waals surface area (Å²) >= 11 is 0. The molecule has 1 amide bonds. The largest absolute Gasteiger partial charge is 0.493 e. The number of para-hydroxylation sites is 1. The maximum Gasteiger partial charge on any atom is 0.267 e. The summed E-state index contributed by atoms with van der Waals surface area (Å²) in [6.45, 7) is 1.75. The number of aromatic hydroxyl groups is 1. The summed E-state index contributed by atoms with van der Waals surface area (Å²) in [4.78, 5) is 26.1. The van der Waals surface area contributed by atoms with E-state index in [1.54, 1.807) is 25.1 Å². The molecule has 0 saturated carbocycles. The van der Waals surface area contributed by atoms with E-state index in [4.69, 9.17) is 0 Å². The summed E-state index contributed by atoms with van der Waals surface area (Å²) in [7, 11) is 0. The molecule has 3 aromatic rings. The molecule has 8 nitrogen and oxygen atoms in total. The van der Waals surface area contributed by atoms with E-state index in [0.717, 1.165) is 0 Å². The Morgan fingerprint density at radius 3 is 2.78 bits per heavy atom. The van der Waals surface area contributed by atoms with Gasteiger partial charge in [0.2, 0.25) is 5.88 Å². The first kappa shape index (κ1) is 14.8. The van der Waals surface area contributed by atoms with Crippen molar-refractivity contribution in [1.29, 1.82) is 0 Å². The highest BCUT2D eigenvalue weighted by Crippen LogP contribution is 2.35. The number of azo groups is 1. The van der Waals surface area contributed by atoms with Crippen molar-refractivity contribution >= 4 is 22.5 Å². The molecular weight excluding hydrogens is 298 g/mol. The fourth-order valence-electron chi connectivity index (χ4n) is 2.37. The van der Waals surface area contributed by atoms with Gasteiger partial charge >= 0.3 is 0 Å². The zero-order valence-electron chi connectivity index (χ0n) is 12.4. The summed E-state index contributed by atoms with van der Waals surface area (Å²) in [5.74, 6) is -0.602. The molecule has 0 unspecified atom stereocenters. The second-order valence-electron chi connectivity index (χ2n) is 5.14. The summed E-state index contributed by atoms with van der Waals surface area (Å²) in [6, 6.07) is 7.18. The van der Waals surface area contributed by atoms with Crippen LogP contribution in [0.3, 0.4) is 0 Å². The Bertz CT molecular complexity index is 948. The highest BCUT2D eigenvalue weighted by atomic mass is 16.3. The third-order valence-electron chi connectivity index (χ3n) is 3.60. The number of amides is 1. The van der Waals surface area contributed by atoms with Gasteiger partial charge < -0.3 is 15.2 Å². The van der Waals surface area contributed by atoms with E-state index in [1.165, 1.54) is 0 Å². The number of rotatable bonds is 4. The molecule has 0 saturated heterocycles. The Morgan fingerprint density at radius 1 is 1.26 bits per heavy atom. The zero-order chi connectivity index (χ0) is 16.4. The molecule has 4 N–H and O–H groups in total. The molecule has 0 atom stereocenters. The van der Waals surface area contributed by atoms with E-state index in [-0.39, 0.29) is 30.0 Å². The highest BCUT2D eigenvalue weighted by Gasteiger charge is 2.11. The first-order chi connectivity index (χ1) is 11.1. The Kier molecular flexibility index (Phi) is 3.80. The van der Waals surface area contributed by atoms with Gasteiger partial charge in [-0.25, -0.2) is 0 Å². The molecule has 0 radical (unpaired) electrons. The first-order valence-corrected chi connectivity index (χ1v) is 7.06. The van der Waals surface area contributed by atoms with Crippen molar-refractivity contribution in [2.75, 3.05) is 0 Å².